The lowest BCUT2D eigenvalue weighted by Crippen LogP contribution is -2.51. The molecule has 1 saturated carbocycles. The number of carbonyl (C=O) groups is 2. The molecule has 1 N–H and O–H groups in total. The van der Waals surface area contributed by atoms with Crippen molar-refractivity contribution in [2.45, 2.75) is 65.8 Å². The molecule has 0 aliphatic heterocycles. The molecule has 116 valence electrons. The monoisotopic (exact) mass is 283 g/mol. The number of hydrogen-bond donors (Lipinski definition) is 1. The highest BCUT2D eigenvalue weighted by molar-refractivity contribution is 5.89. The summed E-state index contributed by atoms with van der Waals surface area (Å²) < 4.78 is 0. The molecule has 0 aromatic rings. The third kappa shape index (κ3) is 4.50. The second-order valence-electron chi connectivity index (χ2n) is 6.75. The first-order valence-corrected chi connectivity index (χ1v) is 7.87. The van der Waals surface area contributed by atoms with E-state index in [0.717, 1.165) is 25.7 Å². The lowest BCUT2D eigenvalue weighted by Gasteiger charge is -2.35. The molecule has 4 heteroatoms. The van der Waals surface area contributed by atoms with Crippen LogP contribution in [0.2, 0.25) is 0 Å². The minimum atomic E-state index is -0.971. The van der Waals surface area contributed by atoms with Gasteiger partial charge in [-0.15, -0.1) is 0 Å². The number of rotatable bonds is 6. The van der Waals surface area contributed by atoms with E-state index >= 15 is 0 Å². The molecule has 0 heterocycles. The first-order valence-electron chi connectivity index (χ1n) is 7.87. The number of Topliss-reactive ketones (excluding diaryl/α,β-unsaturated/α-hetero) is 1. The molecule has 0 bridgehead atoms. The molecular weight excluding hydrogens is 254 g/mol. The highest BCUT2D eigenvalue weighted by Crippen LogP contribution is 2.28. The van der Waals surface area contributed by atoms with Crippen molar-refractivity contribution >= 4 is 11.9 Å². The minimum absolute atomic E-state index is 0.0271. The summed E-state index contributed by atoms with van der Waals surface area (Å²) in [6.07, 6.45) is 4.28. The van der Waals surface area contributed by atoms with E-state index in [9.17, 15) is 14.7 Å². The van der Waals surface area contributed by atoms with Crippen LogP contribution in [0.25, 0.3) is 0 Å². The average molecular weight is 283 g/mol. The van der Waals surface area contributed by atoms with Gasteiger partial charge in [-0.2, -0.15) is 0 Å². The Kier molecular flexibility index (Phi) is 6.50. The lowest BCUT2D eigenvalue weighted by atomic mass is 9.80. The Morgan fingerprint density at radius 2 is 1.65 bits per heavy atom. The van der Waals surface area contributed by atoms with E-state index in [1.54, 1.807) is 0 Å². The Morgan fingerprint density at radius 1 is 1.10 bits per heavy atom. The maximum atomic E-state index is 12.8. The van der Waals surface area contributed by atoms with Crippen LogP contribution in [0, 0.1) is 17.8 Å². The number of nitrogens with zero attached hydrogens (tertiary/aromatic N) is 1. The predicted molar refractivity (Wildman–Crippen MR) is 79.8 cm³/mol. The molecule has 20 heavy (non-hydrogen) atoms. The van der Waals surface area contributed by atoms with Gasteiger partial charge in [-0.05, 0) is 24.7 Å². The van der Waals surface area contributed by atoms with Gasteiger partial charge >= 0.3 is 6.09 Å². The van der Waals surface area contributed by atoms with Crippen molar-refractivity contribution in [3.63, 3.8) is 0 Å². The van der Waals surface area contributed by atoms with Gasteiger partial charge in [0.1, 0.15) is 0 Å². The number of amides is 1. The van der Waals surface area contributed by atoms with E-state index in [-0.39, 0.29) is 23.5 Å². The molecule has 0 aromatic carbocycles. The molecule has 0 saturated heterocycles. The van der Waals surface area contributed by atoms with Crippen LogP contribution in [-0.2, 0) is 4.79 Å². The van der Waals surface area contributed by atoms with Crippen LogP contribution in [-0.4, -0.2) is 34.5 Å². The van der Waals surface area contributed by atoms with Gasteiger partial charge in [0.15, 0.2) is 5.78 Å². The third-order valence-corrected chi connectivity index (χ3v) is 4.07. The van der Waals surface area contributed by atoms with Gasteiger partial charge in [0.05, 0.1) is 6.04 Å². The number of hydrogen-bond acceptors (Lipinski definition) is 2. The van der Waals surface area contributed by atoms with Crippen molar-refractivity contribution in [1.29, 1.82) is 0 Å². The Hall–Kier alpha value is -1.06. The first-order chi connectivity index (χ1) is 9.34. The zero-order valence-electron chi connectivity index (χ0n) is 13.3. The van der Waals surface area contributed by atoms with Crippen LogP contribution >= 0.6 is 0 Å². The molecule has 1 amide bonds. The average Bonchev–Trinajstić information content (AvgIpc) is 2.37. The summed E-state index contributed by atoms with van der Waals surface area (Å²) >= 11 is 0. The van der Waals surface area contributed by atoms with Crippen molar-refractivity contribution in [2.75, 3.05) is 6.54 Å². The maximum absolute atomic E-state index is 12.8. The van der Waals surface area contributed by atoms with Crippen LogP contribution in [0.15, 0.2) is 0 Å². The fourth-order valence-corrected chi connectivity index (χ4v) is 3.17. The molecule has 1 rings (SSSR count). The number of carbonyl (C=O) groups excluding carboxylic acids is 1. The van der Waals surface area contributed by atoms with Gasteiger partial charge in [-0.25, -0.2) is 4.79 Å². The second kappa shape index (κ2) is 7.65. The van der Waals surface area contributed by atoms with Crippen molar-refractivity contribution in [2.24, 2.45) is 17.8 Å². The molecule has 1 unspecified atom stereocenters. The molecule has 0 spiro atoms. The minimum Gasteiger partial charge on any atom is -0.465 e. The highest BCUT2D eigenvalue weighted by atomic mass is 16.4. The normalized spacial score (nSPS) is 18.3. The van der Waals surface area contributed by atoms with Crippen molar-refractivity contribution < 1.29 is 14.7 Å². The molecule has 0 aromatic heterocycles. The Labute approximate surface area is 122 Å². The summed E-state index contributed by atoms with van der Waals surface area (Å²) in [5.41, 5.74) is 0. The number of ketones is 1. The van der Waals surface area contributed by atoms with Gasteiger partial charge in [0.2, 0.25) is 0 Å². The van der Waals surface area contributed by atoms with E-state index in [2.05, 4.69) is 0 Å². The molecule has 0 radical (unpaired) electrons. The van der Waals surface area contributed by atoms with Gasteiger partial charge in [0, 0.05) is 12.5 Å². The first kappa shape index (κ1) is 17.0. The fourth-order valence-electron chi connectivity index (χ4n) is 3.17. The summed E-state index contributed by atoms with van der Waals surface area (Å²) in [5.74, 6) is 0.457. The van der Waals surface area contributed by atoms with Crippen molar-refractivity contribution in [3.8, 4) is 0 Å². The van der Waals surface area contributed by atoms with Crippen molar-refractivity contribution in [1.82, 2.24) is 4.90 Å². The van der Waals surface area contributed by atoms with Crippen LogP contribution in [0.1, 0.15) is 59.8 Å². The quantitative estimate of drug-likeness (QED) is 0.806. The van der Waals surface area contributed by atoms with E-state index in [1.807, 2.05) is 27.7 Å². The zero-order chi connectivity index (χ0) is 15.3. The maximum Gasteiger partial charge on any atom is 0.407 e. The SMILES string of the molecule is CC(C)CN(C(=O)O)C(C(=O)C1CCCCC1)C(C)C. The summed E-state index contributed by atoms with van der Waals surface area (Å²) in [5, 5.41) is 9.46. The molecule has 1 fully saturated rings. The Bertz CT molecular complexity index is 333. The summed E-state index contributed by atoms with van der Waals surface area (Å²) in [4.78, 5) is 25.7. The van der Waals surface area contributed by atoms with Crippen LogP contribution < -0.4 is 0 Å². The van der Waals surface area contributed by atoms with Gasteiger partial charge < -0.3 is 5.11 Å². The molecular formula is C16H29NO3. The summed E-state index contributed by atoms with van der Waals surface area (Å²) in [7, 11) is 0. The number of carboxylic acid groups (broad SMARTS) is 1. The third-order valence-electron chi connectivity index (χ3n) is 4.07. The van der Waals surface area contributed by atoms with Crippen LogP contribution in [0.4, 0.5) is 4.79 Å². The zero-order valence-corrected chi connectivity index (χ0v) is 13.3. The van der Waals surface area contributed by atoms with E-state index in [0.29, 0.717) is 6.54 Å². The molecule has 4 nitrogen and oxygen atoms in total. The van der Waals surface area contributed by atoms with Gasteiger partial charge in [0.25, 0.3) is 0 Å². The second-order valence-corrected chi connectivity index (χ2v) is 6.75. The standard InChI is InChI=1S/C16H29NO3/c1-11(2)10-17(16(19)20)14(12(3)4)15(18)13-8-6-5-7-9-13/h11-14H,5-10H2,1-4H3,(H,19,20). The summed E-state index contributed by atoms with van der Waals surface area (Å²) in [6.45, 7) is 8.29. The van der Waals surface area contributed by atoms with E-state index in [1.165, 1.54) is 11.3 Å². The van der Waals surface area contributed by atoms with E-state index < -0.39 is 12.1 Å². The molecule has 1 atom stereocenters. The lowest BCUT2D eigenvalue weighted by molar-refractivity contribution is -0.130. The molecule has 1 aliphatic carbocycles. The topological polar surface area (TPSA) is 57.6 Å². The summed E-state index contributed by atoms with van der Waals surface area (Å²) in [6, 6.07) is -0.488. The highest BCUT2D eigenvalue weighted by Gasteiger charge is 2.36. The largest absolute Gasteiger partial charge is 0.465 e. The Morgan fingerprint density at radius 3 is 2.05 bits per heavy atom. The molecule has 1 aliphatic rings. The fraction of sp³-hybridized carbons (Fsp3) is 0.875. The predicted octanol–water partition coefficient (Wildman–Crippen LogP) is 3.80. The smallest absolute Gasteiger partial charge is 0.407 e. The van der Waals surface area contributed by atoms with E-state index in [4.69, 9.17) is 0 Å². The Balaban J connectivity index is 2.89. The van der Waals surface area contributed by atoms with Gasteiger partial charge in [-0.3, -0.25) is 9.69 Å². The van der Waals surface area contributed by atoms with Crippen LogP contribution in [0.5, 0.6) is 0 Å². The van der Waals surface area contributed by atoms with Crippen molar-refractivity contribution in [3.05, 3.63) is 0 Å². The van der Waals surface area contributed by atoms with Crippen LogP contribution in [0.3, 0.4) is 0 Å². The van der Waals surface area contributed by atoms with Gasteiger partial charge in [-0.1, -0.05) is 47.0 Å².